The lowest BCUT2D eigenvalue weighted by Crippen LogP contribution is -2.31. The molecule has 1 aliphatic rings. The molecule has 0 radical (unpaired) electrons. The number of benzene rings is 1. The van der Waals surface area contributed by atoms with Crippen LogP contribution in [0.25, 0.3) is 0 Å². The Bertz CT molecular complexity index is 333. The standard InChI is InChI=1S/C14H20ClNS/c1-2-16-14(13-5-3-4-10-17-13)11-6-8-12(15)9-7-11/h6-9,13-14,16H,2-5,10H2,1H3. The van der Waals surface area contributed by atoms with E-state index < -0.39 is 0 Å². The fourth-order valence-corrected chi connectivity index (χ4v) is 3.96. The summed E-state index contributed by atoms with van der Waals surface area (Å²) in [5.41, 5.74) is 1.37. The maximum Gasteiger partial charge on any atom is 0.0440 e. The highest BCUT2D eigenvalue weighted by molar-refractivity contribution is 8.00. The molecular weight excluding hydrogens is 250 g/mol. The number of thioether (sulfide) groups is 1. The summed E-state index contributed by atoms with van der Waals surface area (Å²) in [5, 5.41) is 5.16. The molecular formula is C14H20ClNS. The molecule has 17 heavy (non-hydrogen) atoms. The van der Waals surface area contributed by atoms with Gasteiger partial charge in [-0.25, -0.2) is 0 Å². The fourth-order valence-electron chi connectivity index (χ4n) is 2.38. The molecule has 94 valence electrons. The van der Waals surface area contributed by atoms with Crippen molar-refractivity contribution < 1.29 is 0 Å². The molecule has 1 saturated heterocycles. The third-order valence-electron chi connectivity index (χ3n) is 3.24. The van der Waals surface area contributed by atoms with Gasteiger partial charge in [-0.2, -0.15) is 11.8 Å². The highest BCUT2D eigenvalue weighted by atomic mass is 35.5. The Labute approximate surface area is 113 Å². The molecule has 0 bridgehead atoms. The zero-order chi connectivity index (χ0) is 12.1. The number of rotatable bonds is 4. The van der Waals surface area contributed by atoms with Gasteiger partial charge in [0.15, 0.2) is 0 Å². The minimum atomic E-state index is 0.475. The van der Waals surface area contributed by atoms with E-state index in [1.54, 1.807) is 0 Å². The van der Waals surface area contributed by atoms with E-state index in [4.69, 9.17) is 11.6 Å². The monoisotopic (exact) mass is 269 g/mol. The van der Waals surface area contributed by atoms with E-state index in [1.807, 2.05) is 12.1 Å². The molecule has 1 aromatic carbocycles. The normalized spacial score (nSPS) is 22.4. The smallest absolute Gasteiger partial charge is 0.0440 e. The zero-order valence-electron chi connectivity index (χ0n) is 10.3. The van der Waals surface area contributed by atoms with Crippen LogP contribution in [0.5, 0.6) is 0 Å². The number of halogens is 1. The Morgan fingerprint density at radius 3 is 2.71 bits per heavy atom. The highest BCUT2D eigenvalue weighted by Gasteiger charge is 2.24. The Balaban J connectivity index is 2.12. The maximum atomic E-state index is 5.95. The average molecular weight is 270 g/mol. The molecule has 1 heterocycles. The van der Waals surface area contributed by atoms with Crippen molar-refractivity contribution in [2.45, 2.75) is 37.5 Å². The summed E-state index contributed by atoms with van der Waals surface area (Å²) in [7, 11) is 0. The van der Waals surface area contributed by atoms with Crippen LogP contribution in [-0.4, -0.2) is 17.5 Å². The highest BCUT2D eigenvalue weighted by Crippen LogP contribution is 2.35. The van der Waals surface area contributed by atoms with Crippen LogP contribution in [0.15, 0.2) is 24.3 Å². The molecule has 1 aromatic rings. The summed E-state index contributed by atoms with van der Waals surface area (Å²) >= 11 is 8.07. The van der Waals surface area contributed by atoms with E-state index in [9.17, 15) is 0 Å². The van der Waals surface area contributed by atoms with Crippen molar-refractivity contribution >= 4 is 23.4 Å². The van der Waals surface area contributed by atoms with Gasteiger partial charge in [0, 0.05) is 16.3 Å². The van der Waals surface area contributed by atoms with E-state index in [0.717, 1.165) is 11.6 Å². The van der Waals surface area contributed by atoms with Crippen molar-refractivity contribution in [3.8, 4) is 0 Å². The minimum absolute atomic E-state index is 0.475. The summed E-state index contributed by atoms with van der Waals surface area (Å²) < 4.78 is 0. The van der Waals surface area contributed by atoms with Crippen LogP contribution in [0.2, 0.25) is 5.02 Å². The van der Waals surface area contributed by atoms with Gasteiger partial charge >= 0.3 is 0 Å². The van der Waals surface area contributed by atoms with E-state index in [2.05, 4.69) is 36.1 Å². The molecule has 0 spiro atoms. The van der Waals surface area contributed by atoms with Crippen molar-refractivity contribution in [2.24, 2.45) is 0 Å². The molecule has 0 aromatic heterocycles. The van der Waals surface area contributed by atoms with Crippen LogP contribution in [0.3, 0.4) is 0 Å². The quantitative estimate of drug-likeness (QED) is 0.876. The van der Waals surface area contributed by atoms with Gasteiger partial charge in [0.05, 0.1) is 0 Å². The van der Waals surface area contributed by atoms with Crippen LogP contribution in [-0.2, 0) is 0 Å². The number of hydrogen-bond donors (Lipinski definition) is 1. The summed E-state index contributed by atoms with van der Waals surface area (Å²) in [4.78, 5) is 0. The van der Waals surface area contributed by atoms with Gasteiger partial charge in [-0.1, -0.05) is 37.1 Å². The molecule has 0 saturated carbocycles. The number of hydrogen-bond acceptors (Lipinski definition) is 2. The Hall–Kier alpha value is -0.180. The molecule has 1 N–H and O–H groups in total. The van der Waals surface area contributed by atoms with Gasteiger partial charge in [-0.05, 0) is 42.8 Å². The van der Waals surface area contributed by atoms with E-state index in [0.29, 0.717) is 11.3 Å². The predicted molar refractivity (Wildman–Crippen MR) is 78.0 cm³/mol. The van der Waals surface area contributed by atoms with Crippen molar-refractivity contribution in [2.75, 3.05) is 12.3 Å². The van der Waals surface area contributed by atoms with Crippen LogP contribution in [0, 0.1) is 0 Å². The first kappa shape index (κ1) is 13.3. The Morgan fingerprint density at radius 1 is 1.35 bits per heavy atom. The van der Waals surface area contributed by atoms with Crippen LogP contribution >= 0.6 is 23.4 Å². The van der Waals surface area contributed by atoms with E-state index in [-0.39, 0.29) is 0 Å². The second-order valence-corrected chi connectivity index (χ2v) is 6.28. The van der Waals surface area contributed by atoms with Crippen LogP contribution in [0.4, 0.5) is 0 Å². The van der Waals surface area contributed by atoms with Gasteiger partial charge in [-0.15, -0.1) is 0 Å². The maximum absolute atomic E-state index is 5.95. The molecule has 2 rings (SSSR count). The van der Waals surface area contributed by atoms with Gasteiger partial charge in [-0.3, -0.25) is 0 Å². The first-order valence-electron chi connectivity index (χ1n) is 6.41. The third kappa shape index (κ3) is 3.64. The second-order valence-electron chi connectivity index (χ2n) is 4.49. The zero-order valence-corrected chi connectivity index (χ0v) is 11.9. The van der Waals surface area contributed by atoms with Crippen molar-refractivity contribution in [3.63, 3.8) is 0 Å². The lowest BCUT2D eigenvalue weighted by Gasteiger charge is -2.30. The summed E-state index contributed by atoms with van der Waals surface area (Å²) in [6.45, 7) is 3.20. The van der Waals surface area contributed by atoms with Gasteiger partial charge < -0.3 is 5.32 Å². The van der Waals surface area contributed by atoms with Crippen molar-refractivity contribution in [3.05, 3.63) is 34.9 Å². The first-order valence-corrected chi connectivity index (χ1v) is 7.84. The molecule has 0 amide bonds. The Kier molecular flexibility index (Phi) is 5.20. The number of nitrogens with one attached hydrogen (secondary N) is 1. The summed E-state index contributed by atoms with van der Waals surface area (Å²) in [5.74, 6) is 1.31. The average Bonchev–Trinajstić information content (AvgIpc) is 2.38. The molecule has 1 nitrogen and oxygen atoms in total. The van der Waals surface area contributed by atoms with Crippen LogP contribution in [0.1, 0.15) is 37.8 Å². The van der Waals surface area contributed by atoms with E-state index in [1.165, 1.54) is 30.6 Å². The molecule has 3 heteroatoms. The summed E-state index contributed by atoms with van der Waals surface area (Å²) in [6.07, 6.45) is 4.07. The molecule has 0 aliphatic carbocycles. The van der Waals surface area contributed by atoms with Gasteiger partial charge in [0.1, 0.15) is 0 Å². The SMILES string of the molecule is CCNC(c1ccc(Cl)cc1)C1CCCCS1. The molecule has 2 unspecified atom stereocenters. The van der Waals surface area contributed by atoms with Gasteiger partial charge in [0.25, 0.3) is 0 Å². The molecule has 1 fully saturated rings. The molecule has 1 aliphatic heterocycles. The largest absolute Gasteiger partial charge is 0.309 e. The third-order valence-corrected chi connectivity index (χ3v) is 4.95. The van der Waals surface area contributed by atoms with Crippen molar-refractivity contribution in [1.29, 1.82) is 0 Å². The predicted octanol–water partition coefficient (Wildman–Crippen LogP) is 4.28. The summed E-state index contributed by atoms with van der Waals surface area (Å²) in [6, 6.07) is 8.78. The minimum Gasteiger partial charge on any atom is -0.309 e. The fraction of sp³-hybridized carbons (Fsp3) is 0.571. The topological polar surface area (TPSA) is 12.0 Å². The lowest BCUT2D eigenvalue weighted by molar-refractivity contribution is 0.491. The van der Waals surface area contributed by atoms with E-state index >= 15 is 0 Å². The molecule has 2 atom stereocenters. The van der Waals surface area contributed by atoms with Crippen molar-refractivity contribution in [1.82, 2.24) is 5.32 Å². The van der Waals surface area contributed by atoms with Gasteiger partial charge in [0.2, 0.25) is 0 Å². The Morgan fingerprint density at radius 2 is 2.12 bits per heavy atom. The lowest BCUT2D eigenvalue weighted by atomic mass is 9.99. The first-order chi connectivity index (χ1) is 8.31. The second kappa shape index (κ2) is 6.67. The van der Waals surface area contributed by atoms with Crippen LogP contribution < -0.4 is 5.32 Å².